The Hall–Kier alpha value is -2.19. The van der Waals surface area contributed by atoms with Crippen LogP contribution in [-0.2, 0) is 19.1 Å². The SMILES string of the molecule is C=CCN(C)C(=O)[C@@H]1[C@@H]2CCC3(O2)C(C(=O)N(CC=C)C(C)CCC)N([C@@H](CC)CO)C(=O)[C@H]13. The molecule has 3 aliphatic rings. The average molecular weight is 476 g/mol. The number of likely N-dealkylation sites (N-methyl/N-ethyl adjacent to an activating group) is 1. The van der Waals surface area contributed by atoms with Gasteiger partial charge in [0, 0.05) is 26.2 Å². The Morgan fingerprint density at radius 1 is 1.26 bits per heavy atom. The standard InChI is InChI=1S/C26H41N3O5/c1-7-11-17(5)28(15-9-3)25(33)22-26-13-12-19(34-26)20(23(31)27(6)14-8-2)21(26)24(32)29(22)18(10-4)16-30/h8-9,17-22,30H,2-3,7,10-16H2,1,4-6H3/t17?,18-,19-,20+,21-,22?,26?/m0/s1. The van der Waals surface area contributed by atoms with E-state index in [1.807, 2.05) is 13.8 Å². The average Bonchev–Trinajstić information content (AvgIpc) is 3.45. The smallest absolute Gasteiger partial charge is 0.248 e. The highest BCUT2D eigenvalue weighted by molar-refractivity contribution is 5.99. The van der Waals surface area contributed by atoms with E-state index < -0.39 is 29.5 Å². The maximum atomic E-state index is 14.2. The molecule has 3 rings (SSSR count). The van der Waals surface area contributed by atoms with Crippen LogP contribution in [0, 0.1) is 11.8 Å². The van der Waals surface area contributed by atoms with Gasteiger partial charge in [-0.25, -0.2) is 0 Å². The van der Waals surface area contributed by atoms with Gasteiger partial charge in [-0.1, -0.05) is 32.4 Å². The van der Waals surface area contributed by atoms with Crippen LogP contribution in [-0.4, -0.2) is 94.1 Å². The highest BCUT2D eigenvalue weighted by Crippen LogP contribution is 2.59. The van der Waals surface area contributed by atoms with Gasteiger partial charge >= 0.3 is 0 Å². The summed E-state index contributed by atoms with van der Waals surface area (Å²) in [6.45, 7) is 14.0. The second kappa shape index (κ2) is 10.6. The van der Waals surface area contributed by atoms with Gasteiger partial charge in [0.25, 0.3) is 0 Å². The summed E-state index contributed by atoms with van der Waals surface area (Å²) in [5.41, 5.74) is -1.05. The van der Waals surface area contributed by atoms with E-state index in [0.717, 1.165) is 12.8 Å². The van der Waals surface area contributed by atoms with Gasteiger partial charge in [-0.15, -0.1) is 13.2 Å². The Kier molecular flexibility index (Phi) is 8.24. The molecular formula is C26H41N3O5. The minimum Gasteiger partial charge on any atom is -0.394 e. The maximum absolute atomic E-state index is 14.2. The zero-order valence-corrected chi connectivity index (χ0v) is 21.1. The molecule has 190 valence electrons. The maximum Gasteiger partial charge on any atom is 0.248 e. The number of nitrogens with zero attached hydrogens (tertiary/aromatic N) is 3. The zero-order valence-electron chi connectivity index (χ0n) is 21.1. The van der Waals surface area contributed by atoms with E-state index in [1.54, 1.807) is 33.9 Å². The molecule has 3 amide bonds. The number of ether oxygens (including phenoxy) is 1. The summed E-state index contributed by atoms with van der Waals surface area (Å²) < 4.78 is 6.50. The largest absolute Gasteiger partial charge is 0.394 e. The first-order chi connectivity index (χ1) is 16.2. The molecule has 1 N–H and O–H groups in total. The lowest BCUT2D eigenvalue weighted by Crippen LogP contribution is -2.60. The molecular weight excluding hydrogens is 434 g/mol. The first-order valence-corrected chi connectivity index (χ1v) is 12.6. The number of hydrogen-bond donors (Lipinski definition) is 1. The van der Waals surface area contributed by atoms with E-state index in [0.29, 0.717) is 32.4 Å². The van der Waals surface area contributed by atoms with Crippen LogP contribution in [0.15, 0.2) is 25.3 Å². The van der Waals surface area contributed by atoms with Crippen molar-refractivity contribution < 1.29 is 24.2 Å². The van der Waals surface area contributed by atoms with E-state index in [2.05, 4.69) is 20.1 Å². The van der Waals surface area contributed by atoms with Crippen molar-refractivity contribution in [2.75, 3.05) is 26.7 Å². The van der Waals surface area contributed by atoms with Gasteiger partial charge in [-0.05, 0) is 32.6 Å². The lowest BCUT2D eigenvalue weighted by Gasteiger charge is -2.40. The van der Waals surface area contributed by atoms with Crippen LogP contribution in [0.3, 0.4) is 0 Å². The van der Waals surface area contributed by atoms with Crippen LogP contribution in [0.4, 0.5) is 0 Å². The third-order valence-electron chi connectivity index (χ3n) is 7.96. The Morgan fingerprint density at radius 2 is 1.94 bits per heavy atom. The summed E-state index contributed by atoms with van der Waals surface area (Å²) in [5, 5.41) is 10.1. The first-order valence-electron chi connectivity index (χ1n) is 12.6. The molecule has 8 nitrogen and oxygen atoms in total. The first kappa shape index (κ1) is 26.4. The fourth-order valence-corrected chi connectivity index (χ4v) is 6.35. The van der Waals surface area contributed by atoms with E-state index in [1.165, 1.54) is 0 Å². The number of aliphatic hydroxyl groups excluding tert-OH is 1. The van der Waals surface area contributed by atoms with Crippen LogP contribution in [0.2, 0.25) is 0 Å². The van der Waals surface area contributed by atoms with E-state index >= 15 is 0 Å². The summed E-state index contributed by atoms with van der Waals surface area (Å²) in [6.07, 6.45) is 6.38. The summed E-state index contributed by atoms with van der Waals surface area (Å²) in [5.74, 6) is -1.96. The normalized spacial score (nSPS) is 31.2. The van der Waals surface area contributed by atoms with Crippen molar-refractivity contribution >= 4 is 17.7 Å². The van der Waals surface area contributed by atoms with Gasteiger partial charge in [0.1, 0.15) is 11.6 Å². The number of amides is 3. The van der Waals surface area contributed by atoms with Crippen LogP contribution in [0.1, 0.15) is 52.9 Å². The lowest BCUT2D eigenvalue weighted by molar-refractivity contribution is -0.153. The van der Waals surface area contributed by atoms with Gasteiger partial charge in [-0.2, -0.15) is 0 Å². The third-order valence-corrected chi connectivity index (χ3v) is 7.96. The molecule has 34 heavy (non-hydrogen) atoms. The molecule has 7 atom stereocenters. The fourth-order valence-electron chi connectivity index (χ4n) is 6.35. The molecule has 0 aromatic carbocycles. The molecule has 3 unspecified atom stereocenters. The summed E-state index contributed by atoms with van der Waals surface area (Å²) in [6, 6.07) is -1.42. The number of carbonyl (C=O) groups is 3. The van der Waals surface area contributed by atoms with Crippen LogP contribution < -0.4 is 0 Å². The molecule has 3 saturated heterocycles. The van der Waals surface area contributed by atoms with Gasteiger partial charge in [0.05, 0.1) is 30.6 Å². The Morgan fingerprint density at radius 3 is 2.50 bits per heavy atom. The molecule has 0 aromatic heterocycles. The van der Waals surface area contributed by atoms with Gasteiger partial charge < -0.3 is 24.5 Å². The predicted octanol–water partition coefficient (Wildman–Crippen LogP) is 1.98. The third kappa shape index (κ3) is 4.09. The fraction of sp³-hybridized carbons (Fsp3) is 0.731. The minimum atomic E-state index is -1.05. The Labute approximate surface area is 203 Å². The summed E-state index contributed by atoms with van der Waals surface area (Å²) in [7, 11) is 1.70. The molecule has 0 radical (unpaired) electrons. The molecule has 3 fully saturated rings. The summed E-state index contributed by atoms with van der Waals surface area (Å²) >= 11 is 0. The minimum absolute atomic E-state index is 0.0353. The molecule has 8 heteroatoms. The quantitative estimate of drug-likeness (QED) is 0.436. The van der Waals surface area contributed by atoms with Gasteiger partial charge in [0.2, 0.25) is 17.7 Å². The molecule has 0 saturated carbocycles. The molecule has 3 heterocycles. The second-order valence-electron chi connectivity index (χ2n) is 9.97. The molecule has 2 bridgehead atoms. The highest BCUT2D eigenvalue weighted by Gasteiger charge is 2.75. The molecule has 1 spiro atoms. The molecule has 0 aliphatic carbocycles. The number of likely N-dealkylation sites (tertiary alicyclic amines) is 1. The van der Waals surface area contributed by atoms with Crippen molar-refractivity contribution in [3.63, 3.8) is 0 Å². The number of rotatable bonds is 12. The van der Waals surface area contributed by atoms with Crippen molar-refractivity contribution in [2.45, 2.75) is 82.7 Å². The second-order valence-corrected chi connectivity index (χ2v) is 9.97. The number of aliphatic hydroxyl groups is 1. The van der Waals surface area contributed by atoms with E-state index in [-0.39, 0.29) is 36.5 Å². The van der Waals surface area contributed by atoms with Gasteiger partial charge in [-0.3, -0.25) is 14.4 Å². The topological polar surface area (TPSA) is 90.4 Å². The van der Waals surface area contributed by atoms with E-state index in [9.17, 15) is 19.5 Å². The molecule has 0 aromatic rings. The number of fused-ring (bicyclic) bond motifs is 1. The highest BCUT2D eigenvalue weighted by atomic mass is 16.5. The zero-order chi connectivity index (χ0) is 25.2. The Bertz CT molecular complexity index is 812. The number of carbonyl (C=O) groups excluding carboxylic acids is 3. The van der Waals surface area contributed by atoms with Crippen molar-refractivity contribution in [1.82, 2.24) is 14.7 Å². The molecule has 3 aliphatic heterocycles. The van der Waals surface area contributed by atoms with Crippen LogP contribution in [0.5, 0.6) is 0 Å². The van der Waals surface area contributed by atoms with E-state index in [4.69, 9.17) is 4.74 Å². The summed E-state index contributed by atoms with van der Waals surface area (Å²) in [4.78, 5) is 46.5. The van der Waals surface area contributed by atoms with Gasteiger partial charge in [0.15, 0.2) is 0 Å². The Balaban J connectivity index is 2.08. The van der Waals surface area contributed by atoms with Crippen molar-refractivity contribution in [3.8, 4) is 0 Å². The van der Waals surface area contributed by atoms with Crippen molar-refractivity contribution in [3.05, 3.63) is 25.3 Å². The monoisotopic (exact) mass is 475 g/mol. The number of hydrogen-bond acceptors (Lipinski definition) is 5. The van der Waals surface area contributed by atoms with Crippen molar-refractivity contribution in [2.24, 2.45) is 11.8 Å². The van der Waals surface area contributed by atoms with Crippen molar-refractivity contribution in [1.29, 1.82) is 0 Å². The van der Waals surface area contributed by atoms with Crippen LogP contribution in [0.25, 0.3) is 0 Å². The van der Waals surface area contributed by atoms with Crippen LogP contribution >= 0.6 is 0 Å². The lowest BCUT2D eigenvalue weighted by atomic mass is 9.70. The predicted molar refractivity (Wildman–Crippen MR) is 130 cm³/mol.